The number of hydrogen-bond donors (Lipinski definition) is 2. The molecule has 11 heteroatoms. The Hall–Kier alpha value is -5.21. The van der Waals surface area contributed by atoms with E-state index in [-0.39, 0.29) is 23.4 Å². The number of likely N-dealkylation sites (tertiary alicyclic amines) is 1. The van der Waals surface area contributed by atoms with E-state index in [1.807, 2.05) is 48.5 Å². The van der Waals surface area contributed by atoms with Crippen LogP contribution in [0.25, 0.3) is 10.2 Å². The number of carbonyl (C=O) groups is 3. The van der Waals surface area contributed by atoms with Gasteiger partial charge in [0.05, 0.1) is 22.4 Å². The number of thiophene rings is 1. The standard InChI is InChI=1S/C33H28N6O4S/c34-18-21(16-20-11-12-20)32(41)38-15-5-6-22(19-38)36-30(40)29-28-27-26(13-14-35-31(27)44-29)39(33(42)37-28)23-7-4-10-25(17-23)43-24-8-2-1-3-9-24/h1-4,7-10,13-14,16-17,20,22H,5-6,11-12,15,19H2,(H,36,40)(H,37,42). The Morgan fingerprint density at radius 2 is 1.91 bits per heavy atom. The third-order valence-corrected chi connectivity index (χ3v) is 9.02. The molecule has 0 radical (unpaired) electrons. The van der Waals surface area contributed by atoms with Crippen molar-refractivity contribution in [1.29, 1.82) is 5.26 Å². The summed E-state index contributed by atoms with van der Waals surface area (Å²) in [5, 5.41) is 16.2. The van der Waals surface area contributed by atoms with E-state index >= 15 is 0 Å². The van der Waals surface area contributed by atoms with E-state index in [4.69, 9.17) is 4.74 Å². The van der Waals surface area contributed by atoms with Gasteiger partial charge in [-0.2, -0.15) is 5.26 Å². The van der Waals surface area contributed by atoms with Crippen LogP contribution >= 0.6 is 11.3 Å². The SMILES string of the molecule is N#CC(=CC1CC1)C(=O)N1CCCC(NC(=O)c2sc3nccc4c3c2NC(=O)N4c2cccc(Oc3ccccc3)c2)C1. The Balaban J connectivity index is 1.13. The number of carbonyl (C=O) groups excluding carboxylic acids is 3. The predicted molar refractivity (Wildman–Crippen MR) is 167 cm³/mol. The van der Waals surface area contributed by atoms with E-state index in [1.54, 1.807) is 34.2 Å². The van der Waals surface area contributed by atoms with Crippen molar-refractivity contribution in [3.8, 4) is 17.6 Å². The van der Waals surface area contributed by atoms with Crippen LogP contribution in [-0.2, 0) is 4.79 Å². The molecule has 1 saturated carbocycles. The van der Waals surface area contributed by atoms with E-state index in [9.17, 15) is 19.6 Å². The molecule has 1 saturated heterocycles. The summed E-state index contributed by atoms with van der Waals surface area (Å²) < 4.78 is 5.99. The highest BCUT2D eigenvalue weighted by atomic mass is 32.1. The number of aromatic nitrogens is 1. The number of ether oxygens (including phenoxy) is 1. The minimum absolute atomic E-state index is 0.177. The summed E-state index contributed by atoms with van der Waals surface area (Å²) in [4.78, 5) is 48.9. The van der Waals surface area contributed by atoms with Crippen LogP contribution in [0.1, 0.15) is 35.4 Å². The van der Waals surface area contributed by atoms with Crippen molar-refractivity contribution in [1.82, 2.24) is 15.2 Å². The summed E-state index contributed by atoms with van der Waals surface area (Å²) in [5.74, 6) is 0.951. The number of piperidine rings is 1. The predicted octanol–water partition coefficient (Wildman–Crippen LogP) is 6.35. The molecule has 44 heavy (non-hydrogen) atoms. The zero-order chi connectivity index (χ0) is 30.2. The van der Waals surface area contributed by atoms with E-state index in [0.29, 0.717) is 75.5 Å². The van der Waals surface area contributed by atoms with Crippen molar-refractivity contribution in [3.05, 3.63) is 83.4 Å². The van der Waals surface area contributed by atoms with Crippen molar-refractivity contribution in [2.75, 3.05) is 23.3 Å². The van der Waals surface area contributed by atoms with Crippen molar-refractivity contribution < 1.29 is 19.1 Å². The van der Waals surface area contributed by atoms with Crippen LogP contribution in [0.2, 0.25) is 0 Å². The highest BCUT2D eigenvalue weighted by Gasteiger charge is 2.34. The van der Waals surface area contributed by atoms with Gasteiger partial charge < -0.3 is 20.3 Å². The zero-order valence-electron chi connectivity index (χ0n) is 23.7. The maximum absolute atomic E-state index is 13.6. The van der Waals surface area contributed by atoms with E-state index < -0.39 is 6.03 Å². The molecular formula is C33H28N6O4S. The lowest BCUT2D eigenvalue weighted by Crippen LogP contribution is -2.50. The second-order valence-electron chi connectivity index (χ2n) is 11.1. The van der Waals surface area contributed by atoms with Gasteiger partial charge in [-0.15, -0.1) is 11.3 Å². The first-order chi connectivity index (χ1) is 21.5. The van der Waals surface area contributed by atoms with Gasteiger partial charge in [0.25, 0.3) is 11.8 Å². The van der Waals surface area contributed by atoms with Gasteiger partial charge >= 0.3 is 6.03 Å². The van der Waals surface area contributed by atoms with E-state index in [1.165, 1.54) is 11.3 Å². The van der Waals surface area contributed by atoms with Crippen LogP contribution in [0, 0.1) is 17.2 Å². The summed E-state index contributed by atoms with van der Waals surface area (Å²) >= 11 is 1.21. The molecule has 10 nitrogen and oxygen atoms in total. The Bertz CT molecular complexity index is 1860. The lowest BCUT2D eigenvalue weighted by Gasteiger charge is -2.33. The van der Waals surface area contributed by atoms with Gasteiger partial charge in [0.1, 0.15) is 32.8 Å². The van der Waals surface area contributed by atoms with Crippen molar-refractivity contribution in [3.63, 3.8) is 0 Å². The van der Waals surface area contributed by atoms with E-state index in [0.717, 1.165) is 12.8 Å². The first-order valence-corrected chi connectivity index (χ1v) is 15.4. The Kier molecular flexibility index (Phi) is 7.20. The summed E-state index contributed by atoms with van der Waals surface area (Å²) in [6.45, 7) is 0.860. The molecule has 2 aromatic carbocycles. The van der Waals surface area contributed by atoms with Crippen molar-refractivity contribution >= 4 is 56.5 Å². The van der Waals surface area contributed by atoms with Crippen LogP contribution in [0.4, 0.5) is 21.9 Å². The fourth-order valence-electron chi connectivity index (χ4n) is 5.67. The first kappa shape index (κ1) is 27.6. The van der Waals surface area contributed by atoms with Gasteiger partial charge in [-0.25, -0.2) is 9.78 Å². The smallest absolute Gasteiger partial charge is 0.331 e. The lowest BCUT2D eigenvalue weighted by molar-refractivity contribution is -0.128. The summed E-state index contributed by atoms with van der Waals surface area (Å²) in [7, 11) is 0. The Morgan fingerprint density at radius 1 is 1.09 bits per heavy atom. The quantitative estimate of drug-likeness (QED) is 0.187. The molecule has 1 atom stereocenters. The summed E-state index contributed by atoms with van der Waals surface area (Å²) in [6.07, 6.45) is 6.83. The number of hydrogen-bond acceptors (Lipinski definition) is 7. The number of nitrogens with one attached hydrogen (secondary N) is 2. The van der Waals surface area contributed by atoms with Crippen molar-refractivity contribution in [2.24, 2.45) is 5.92 Å². The maximum Gasteiger partial charge on any atom is 0.331 e. The highest BCUT2D eigenvalue weighted by molar-refractivity contribution is 7.21. The minimum atomic E-state index is -0.407. The van der Waals surface area contributed by atoms with Crippen LogP contribution in [0.5, 0.6) is 11.5 Å². The van der Waals surface area contributed by atoms with Gasteiger partial charge in [0.2, 0.25) is 0 Å². The number of pyridine rings is 1. The number of anilines is 3. The number of benzene rings is 2. The summed E-state index contributed by atoms with van der Waals surface area (Å²) in [6, 6.07) is 19.8. The molecule has 2 aromatic heterocycles. The second-order valence-corrected chi connectivity index (χ2v) is 12.1. The van der Waals surface area contributed by atoms with Gasteiger partial charge in [-0.05, 0) is 61.9 Å². The largest absolute Gasteiger partial charge is 0.457 e. The average Bonchev–Trinajstić information content (AvgIpc) is 3.79. The molecule has 1 aliphatic carbocycles. The highest BCUT2D eigenvalue weighted by Crippen LogP contribution is 2.46. The number of allylic oxidation sites excluding steroid dienone is 1. The monoisotopic (exact) mass is 604 g/mol. The molecule has 4 heterocycles. The van der Waals surface area contributed by atoms with Crippen LogP contribution < -0.4 is 20.3 Å². The normalized spacial score (nSPS) is 18.0. The molecule has 2 aliphatic heterocycles. The van der Waals surface area contributed by atoms with Gasteiger partial charge in [0.15, 0.2) is 0 Å². The number of para-hydroxylation sites is 1. The third-order valence-electron chi connectivity index (χ3n) is 7.93. The van der Waals surface area contributed by atoms with Gasteiger partial charge in [-0.1, -0.05) is 30.3 Å². The number of amides is 4. The summed E-state index contributed by atoms with van der Waals surface area (Å²) in [5.41, 5.74) is 1.82. The zero-order valence-corrected chi connectivity index (χ0v) is 24.5. The molecule has 1 unspecified atom stereocenters. The molecule has 220 valence electrons. The fourth-order valence-corrected chi connectivity index (χ4v) is 6.69. The molecule has 3 aliphatic rings. The van der Waals surface area contributed by atoms with E-state index in [2.05, 4.69) is 21.7 Å². The molecule has 4 amide bonds. The Morgan fingerprint density at radius 3 is 2.70 bits per heavy atom. The fraction of sp³-hybridized carbons (Fsp3) is 0.242. The minimum Gasteiger partial charge on any atom is -0.457 e. The number of nitrogens with zero attached hydrogens (tertiary/aromatic N) is 4. The number of urea groups is 1. The molecular weight excluding hydrogens is 576 g/mol. The maximum atomic E-state index is 13.6. The lowest BCUT2D eigenvalue weighted by atomic mass is 10.0. The van der Waals surface area contributed by atoms with Crippen LogP contribution in [-0.4, -0.2) is 46.9 Å². The Labute approximate surface area is 257 Å². The number of nitriles is 1. The molecule has 4 aromatic rings. The molecule has 2 fully saturated rings. The molecule has 0 spiro atoms. The first-order valence-electron chi connectivity index (χ1n) is 14.6. The average molecular weight is 605 g/mol. The molecule has 7 rings (SSSR count). The van der Waals surface area contributed by atoms with Crippen LogP contribution in [0.15, 0.2) is 78.5 Å². The topological polar surface area (TPSA) is 128 Å². The second kappa shape index (κ2) is 11.5. The molecule has 2 N–H and O–H groups in total. The van der Waals surface area contributed by atoms with Gasteiger partial charge in [0, 0.05) is 31.4 Å². The van der Waals surface area contributed by atoms with Gasteiger partial charge in [-0.3, -0.25) is 14.5 Å². The third kappa shape index (κ3) is 5.36. The molecule has 0 bridgehead atoms. The van der Waals surface area contributed by atoms with Crippen LogP contribution in [0.3, 0.4) is 0 Å². The van der Waals surface area contributed by atoms with Crippen molar-refractivity contribution in [2.45, 2.75) is 31.7 Å². The number of rotatable bonds is 7.